The highest BCUT2D eigenvalue weighted by Crippen LogP contribution is 2.55. The van der Waals surface area contributed by atoms with Gasteiger partial charge in [0.1, 0.15) is 5.75 Å². The average Bonchev–Trinajstić information content (AvgIpc) is 2.53. The predicted octanol–water partition coefficient (Wildman–Crippen LogP) is 6.23. The normalized spacial score (nSPS) is 33.3. The minimum absolute atomic E-state index is 0.132. The molecule has 2 saturated carbocycles. The molecule has 0 N–H and O–H groups in total. The van der Waals surface area contributed by atoms with Gasteiger partial charge in [0, 0.05) is 5.41 Å². The van der Waals surface area contributed by atoms with Gasteiger partial charge in [-0.05, 0) is 87.8 Å². The second-order valence-corrected chi connectivity index (χ2v) is 9.15. The molecule has 0 radical (unpaired) electrons. The number of hydrogen-bond acceptors (Lipinski definition) is 2. The van der Waals surface area contributed by atoms with Crippen LogP contribution in [0.25, 0.3) is 0 Å². The maximum absolute atomic E-state index is 6.52. The monoisotopic (exact) mass is 344 g/mol. The molecule has 3 atom stereocenters. The lowest BCUT2D eigenvalue weighted by molar-refractivity contribution is -0.212. The van der Waals surface area contributed by atoms with Crippen molar-refractivity contribution in [2.75, 3.05) is 0 Å². The number of rotatable bonds is 6. The van der Waals surface area contributed by atoms with Gasteiger partial charge >= 0.3 is 0 Å². The minimum Gasteiger partial charge on any atom is -0.464 e. The van der Waals surface area contributed by atoms with Crippen molar-refractivity contribution in [3.05, 3.63) is 29.8 Å². The molecule has 25 heavy (non-hydrogen) atoms. The van der Waals surface area contributed by atoms with Crippen LogP contribution in [-0.2, 0) is 11.2 Å². The highest BCUT2D eigenvalue weighted by molar-refractivity contribution is 5.27. The van der Waals surface area contributed by atoms with Gasteiger partial charge in [-0.1, -0.05) is 32.9 Å². The van der Waals surface area contributed by atoms with Crippen LogP contribution in [0, 0.1) is 23.2 Å². The fourth-order valence-electron chi connectivity index (χ4n) is 5.54. The Labute approximate surface area is 154 Å². The van der Waals surface area contributed by atoms with E-state index in [1.807, 2.05) is 0 Å². The van der Waals surface area contributed by atoms with E-state index in [0.29, 0.717) is 0 Å². The Bertz CT molecular complexity index is 528. The molecule has 0 heterocycles. The summed E-state index contributed by atoms with van der Waals surface area (Å²) in [4.78, 5) is 0. The van der Waals surface area contributed by atoms with Crippen LogP contribution >= 0.6 is 0 Å². The Kier molecular flexibility index (Phi) is 5.78. The minimum atomic E-state index is -0.132. The van der Waals surface area contributed by atoms with Crippen molar-refractivity contribution in [1.82, 2.24) is 0 Å². The summed E-state index contributed by atoms with van der Waals surface area (Å²) in [6.07, 6.45) is 7.61. The molecule has 1 aromatic carbocycles. The molecule has 0 amide bonds. The maximum Gasteiger partial charge on any atom is 0.205 e. The third kappa shape index (κ3) is 4.39. The topological polar surface area (TPSA) is 18.5 Å². The Morgan fingerprint density at radius 1 is 1.00 bits per heavy atom. The van der Waals surface area contributed by atoms with E-state index < -0.39 is 0 Å². The zero-order valence-electron chi connectivity index (χ0n) is 16.8. The standard InChI is InChI=1S/C23H36O2/c1-6-19-7-9-21(10-8-19)25-22(24-16(2)3)23-13-17(4)11-20(15-23)12-18(5)14-23/h7-10,16-18,20,22H,6,11-15H2,1-5H3. The van der Waals surface area contributed by atoms with Gasteiger partial charge in [0.15, 0.2) is 0 Å². The van der Waals surface area contributed by atoms with Gasteiger partial charge in [-0.3, -0.25) is 0 Å². The van der Waals surface area contributed by atoms with E-state index in [1.165, 1.54) is 37.7 Å². The van der Waals surface area contributed by atoms with E-state index in [-0.39, 0.29) is 17.8 Å². The van der Waals surface area contributed by atoms with Crippen LogP contribution < -0.4 is 4.74 Å². The molecule has 0 saturated heterocycles. The smallest absolute Gasteiger partial charge is 0.205 e. The molecule has 2 bridgehead atoms. The van der Waals surface area contributed by atoms with Gasteiger partial charge in [0.05, 0.1) is 6.10 Å². The SMILES string of the molecule is CCc1ccc(OC(OC(C)C)C23CC(C)CC(CC(C)C2)C3)cc1. The lowest BCUT2D eigenvalue weighted by Crippen LogP contribution is -2.50. The van der Waals surface area contributed by atoms with Crippen molar-refractivity contribution in [1.29, 1.82) is 0 Å². The lowest BCUT2D eigenvalue weighted by Gasteiger charge is -2.52. The highest BCUT2D eigenvalue weighted by Gasteiger charge is 2.51. The molecule has 3 unspecified atom stereocenters. The van der Waals surface area contributed by atoms with E-state index in [2.05, 4.69) is 58.9 Å². The Balaban J connectivity index is 1.85. The first-order chi connectivity index (χ1) is 11.9. The molecule has 3 rings (SSSR count). The molecule has 2 heteroatoms. The molecule has 2 fully saturated rings. The van der Waals surface area contributed by atoms with E-state index in [9.17, 15) is 0 Å². The van der Waals surface area contributed by atoms with Crippen LogP contribution in [0.2, 0.25) is 0 Å². The van der Waals surface area contributed by atoms with Gasteiger partial charge in [0.25, 0.3) is 0 Å². The summed E-state index contributed by atoms with van der Waals surface area (Å²) in [5.41, 5.74) is 1.53. The molecule has 1 aromatic rings. The van der Waals surface area contributed by atoms with Crippen molar-refractivity contribution >= 4 is 0 Å². The van der Waals surface area contributed by atoms with Crippen LogP contribution in [0.5, 0.6) is 5.75 Å². The van der Waals surface area contributed by atoms with Crippen molar-refractivity contribution in [3.63, 3.8) is 0 Å². The number of benzene rings is 1. The van der Waals surface area contributed by atoms with Gasteiger partial charge in [0.2, 0.25) is 6.29 Å². The molecule has 2 aliphatic rings. The summed E-state index contributed by atoms with van der Waals surface area (Å²) in [6, 6.07) is 8.58. The fourth-order valence-corrected chi connectivity index (χ4v) is 5.54. The molecule has 0 spiro atoms. The first kappa shape index (κ1) is 18.8. The van der Waals surface area contributed by atoms with Crippen LogP contribution in [-0.4, -0.2) is 12.4 Å². The van der Waals surface area contributed by atoms with Crippen LogP contribution in [0.4, 0.5) is 0 Å². The van der Waals surface area contributed by atoms with Crippen molar-refractivity contribution in [3.8, 4) is 5.75 Å². The van der Waals surface area contributed by atoms with E-state index in [0.717, 1.165) is 29.9 Å². The zero-order chi connectivity index (χ0) is 18.0. The Morgan fingerprint density at radius 3 is 2.12 bits per heavy atom. The Hall–Kier alpha value is -1.02. The maximum atomic E-state index is 6.52. The predicted molar refractivity (Wildman–Crippen MR) is 104 cm³/mol. The van der Waals surface area contributed by atoms with Gasteiger partial charge in [-0.25, -0.2) is 0 Å². The number of ether oxygens (including phenoxy) is 2. The van der Waals surface area contributed by atoms with Crippen LogP contribution in [0.15, 0.2) is 24.3 Å². The average molecular weight is 345 g/mol. The number of aryl methyl sites for hydroxylation is 1. The quantitative estimate of drug-likeness (QED) is 0.569. The summed E-state index contributed by atoms with van der Waals surface area (Å²) in [6.45, 7) is 11.3. The van der Waals surface area contributed by atoms with Crippen LogP contribution in [0.1, 0.15) is 72.3 Å². The second kappa shape index (κ2) is 7.70. The van der Waals surface area contributed by atoms with Crippen LogP contribution in [0.3, 0.4) is 0 Å². The summed E-state index contributed by atoms with van der Waals surface area (Å²) >= 11 is 0. The highest BCUT2D eigenvalue weighted by atomic mass is 16.7. The summed E-state index contributed by atoms with van der Waals surface area (Å²) in [5, 5.41) is 0. The van der Waals surface area contributed by atoms with E-state index >= 15 is 0 Å². The first-order valence-electron chi connectivity index (χ1n) is 10.3. The van der Waals surface area contributed by atoms with E-state index in [4.69, 9.17) is 9.47 Å². The molecule has 0 aromatic heterocycles. The number of hydrogen-bond donors (Lipinski definition) is 0. The van der Waals surface area contributed by atoms with E-state index in [1.54, 1.807) is 0 Å². The van der Waals surface area contributed by atoms with Gasteiger partial charge < -0.3 is 9.47 Å². The molecule has 2 aliphatic carbocycles. The van der Waals surface area contributed by atoms with Gasteiger partial charge in [-0.2, -0.15) is 0 Å². The largest absolute Gasteiger partial charge is 0.464 e. The van der Waals surface area contributed by atoms with Crippen molar-refractivity contribution in [2.24, 2.45) is 23.2 Å². The molecule has 0 aliphatic heterocycles. The second-order valence-electron chi connectivity index (χ2n) is 9.15. The molecule has 140 valence electrons. The lowest BCUT2D eigenvalue weighted by atomic mass is 9.56. The fraction of sp³-hybridized carbons (Fsp3) is 0.739. The first-order valence-corrected chi connectivity index (χ1v) is 10.3. The van der Waals surface area contributed by atoms with Crippen molar-refractivity contribution in [2.45, 2.75) is 85.5 Å². The third-order valence-corrected chi connectivity index (χ3v) is 6.15. The van der Waals surface area contributed by atoms with Crippen molar-refractivity contribution < 1.29 is 9.47 Å². The molecule has 2 nitrogen and oxygen atoms in total. The summed E-state index contributed by atoms with van der Waals surface area (Å²) in [7, 11) is 0. The van der Waals surface area contributed by atoms with Gasteiger partial charge in [-0.15, -0.1) is 0 Å². The molecular weight excluding hydrogens is 308 g/mol. The summed E-state index contributed by atoms with van der Waals surface area (Å²) in [5.74, 6) is 3.34. The zero-order valence-corrected chi connectivity index (χ0v) is 16.8. The Morgan fingerprint density at radius 2 is 1.60 bits per heavy atom. The third-order valence-electron chi connectivity index (χ3n) is 6.15. The summed E-state index contributed by atoms with van der Waals surface area (Å²) < 4.78 is 12.9. The number of fused-ring (bicyclic) bond motifs is 2. The molecular formula is C23H36O2.